The van der Waals surface area contributed by atoms with Crippen molar-refractivity contribution in [2.45, 2.75) is 52.3 Å². The summed E-state index contributed by atoms with van der Waals surface area (Å²) >= 11 is 0. The zero-order valence-electron chi connectivity index (χ0n) is 12.9. The number of pyridine rings is 1. The lowest BCUT2D eigenvalue weighted by Crippen LogP contribution is -2.21. The van der Waals surface area contributed by atoms with E-state index in [-0.39, 0.29) is 12.1 Å². The van der Waals surface area contributed by atoms with Gasteiger partial charge in [-0.25, -0.2) is 9.67 Å². The van der Waals surface area contributed by atoms with E-state index in [1.807, 2.05) is 16.8 Å². The number of rotatable bonds is 7. The Morgan fingerprint density at radius 1 is 1.29 bits per heavy atom. The van der Waals surface area contributed by atoms with Crippen LogP contribution in [-0.4, -0.2) is 25.8 Å². The molecule has 0 aromatic carbocycles. The molecule has 0 aliphatic rings. The molecule has 0 radical (unpaired) electrons. The van der Waals surface area contributed by atoms with Crippen LogP contribution in [0.3, 0.4) is 0 Å². The van der Waals surface area contributed by atoms with Crippen molar-refractivity contribution in [1.82, 2.24) is 19.7 Å². The summed E-state index contributed by atoms with van der Waals surface area (Å²) in [6.45, 7) is 6.58. The number of hydrogen-bond donors (Lipinski definition) is 1. The van der Waals surface area contributed by atoms with E-state index >= 15 is 0 Å². The van der Waals surface area contributed by atoms with Gasteiger partial charge in [0, 0.05) is 24.2 Å². The predicted molar refractivity (Wildman–Crippen MR) is 80.9 cm³/mol. The molecular weight excluding hydrogens is 266 g/mol. The van der Waals surface area contributed by atoms with Crippen LogP contribution < -0.4 is 10.5 Å². The van der Waals surface area contributed by atoms with E-state index < -0.39 is 0 Å². The van der Waals surface area contributed by atoms with Crippen molar-refractivity contribution in [3.63, 3.8) is 0 Å². The highest BCUT2D eigenvalue weighted by Gasteiger charge is 2.08. The Morgan fingerprint density at radius 2 is 2.10 bits per heavy atom. The highest BCUT2D eigenvalue weighted by molar-refractivity contribution is 5.20. The maximum atomic E-state index is 5.92. The molecule has 0 spiro atoms. The summed E-state index contributed by atoms with van der Waals surface area (Å²) in [6, 6.07) is 4.30. The zero-order valence-corrected chi connectivity index (χ0v) is 12.9. The fourth-order valence-electron chi connectivity index (χ4n) is 1.99. The average Bonchev–Trinajstić information content (AvgIpc) is 2.95. The summed E-state index contributed by atoms with van der Waals surface area (Å²) in [7, 11) is 0. The lowest BCUT2D eigenvalue weighted by Gasteiger charge is -2.11. The Morgan fingerprint density at radius 3 is 2.71 bits per heavy atom. The van der Waals surface area contributed by atoms with E-state index in [1.165, 1.54) is 0 Å². The van der Waals surface area contributed by atoms with Gasteiger partial charge in [0.05, 0.1) is 6.20 Å². The summed E-state index contributed by atoms with van der Waals surface area (Å²) in [6.07, 6.45) is 5.02. The standard InChI is InChI=1S/C15H23N5O/c1-4-12(16)7-13-5-6-14(8-17-13)21-9-15-18-10-19-20(15)11(2)3/h5-6,8,10-12H,4,7,9,16H2,1-3H3. The first kappa shape index (κ1) is 15.4. The summed E-state index contributed by atoms with van der Waals surface area (Å²) in [5.41, 5.74) is 6.91. The first-order valence-electron chi connectivity index (χ1n) is 7.31. The van der Waals surface area contributed by atoms with Crippen molar-refractivity contribution < 1.29 is 4.74 Å². The van der Waals surface area contributed by atoms with Crippen molar-refractivity contribution in [2.75, 3.05) is 0 Å². The van der Waals surface area contributed by atoms with E-state index in [0.29, 0.717) is 6.61 Å². The first-order chi connectivity index (χ1) is 10.1. The third kappa shape index (κ3) is 4.26. The highest BCUT2D eigenvalue weighted by Crippen LogP contribution is 2.13. The summed E-state index contributed by atoms with van der Waals surface area (Å²) < 4.78 is 7.56. The van der Waals surface area contributed by atoms with Gasteiger partial charge in [-0.2, -0.15) is 5.10 Å². The van der Waals surface area contributed by atoms with Crippen molar-refractivity contribution in [2.24, 2.45) is 5.73 Å². The lowest BCUT2D eigenvalue weighted by atomic mass is 10.1. The lowest BCUT2D eigenvalue weighted by molar-refractivity contribution is 0.281. The van der Waals surface area contributed by atoms with Crippen molar-refractivity contribution in [3.8, 4) is 5.75 Å². The van der Waals surface area contributed by atoms with Crippen LogP contribution in [0.4, 0.5) is 0 Å². The van der Waals surface area contributed by atoms with Gasteiger partial charge < -0.3 is 10.5 Å². The van der Waals surface area contributed by atoms with Crippen LogP contribution in [0.25, 0.3) is 0 Å². The number of nitrogens with zero attached hydrogens (tertiary/aromatic N) is 4. The van der Waals surface area contributed by atoms with Gasteiger partial charge in [-0.1, -0.05) is 6.92 Å². The van der Waals surface area contributed by atoms with Crippen LogP contribution in [0.2, 0.25) is 0 Å². The zero-order chi connectivity index (χ0) is 15.2. The molecule has 0 aliphatic heterocycles. The normalized spacial score (nSPS) is 12.6. The van der Waals surface area contributed by atoms with Crippen LogP contribution in [0.15, 0.2) is 24.7 Å². The number of nitrogens with two attached hydrogens (primary N) is 1. The summed E-state index contributed by atoms with van der Waals surface area (Å²) in [5.74, 6) is 1.53. The third-order valence-electron chi connectivity index (χ3n) is 3.30. The molecule has 2 aromatic rings. The largest absolute Gasteiger partial charge is 0.484 e. The van der Waals surface area contributed by atoms with Crippen LogP contribution in [0.1, 0.15) is 44.8 Å². The van der Waals surface area contributed by atoms with Gasteiger partial charge in [0.2, 0.25) is 0 Å². The second kappa shape index (κ2) is 7.17. The van der Waals surface area contributed by atoms with E-state index in [0.717, 1.165) is 30.1 Å². The van der Waals surface area contributed by atoms with Gasteiger partial charge in [0.1, 0.15) is 18.7 Å². The molecule has 0 fully saturated rings. The first-order valence-corrected chi connectivity index (χ1v) is 7.31. The molecule has 114 valence electrons. The molecule has 2 heterocycles. The molecule has 21 heavy (non-hydrogen) atoms. The maximum absolute atomic E-state index is 5.92. The fraction of sp³-hybridized carbons (Fsp3) is 0.533. The number of ether oxygens (including phenoxy) is 1. The predicted octanol–water partition coefficient (Wildman–Crippen LogP) is 2.11. The molecule has 2 aromatic heterocycles. The smallest absolute Gasteiger partial charge is 0.165 e. The molecule has 6 heteroatoms. The van der Waals surface area contributed by atoms with Gasteiger partial charge in [0.25, 0.3) is 0 Å². The molecule has 0 bridgehead atoms. The number of aromatic nitrogens is 4. The molecule has 0 amide bonds. The minimum absolute atomic E-state index is 0.161. The van der Waals surface area contributed by atoms with E-state index in [1.54, 1.807) is 12.5 Å². The van der Waals surface area contributed by atoms with Gasteiger partial charge in [-0.3, -0.25) is 4.98 Å². The quantitative estimate of drug-likeness (QED) is 0.844. The highest BCUT2D eigenvalue weighted by atomic mass is 16.5. The molecule has 2 rings (SSSR count). The molecular formula is C15H23N5O. The third-order valence-corrected chi connectivity index (χ3v) is 3.30. The monoisotopic (exact) mass is 289 g/mol. The second-order valence-electron chi connectivity index (χ2n) is 5.36. The second-order valence-corrected chi connectivity index (χ2v) is 5.36. The summed E-state index contributed by atoms with van der Waals surface area (Å²) in [5, 5.41) is 4.18. The van der Waals surface area contributed by atoms with Crippen LogP contribution in [-0.2, 0) is 13.0 Å². The Kier molecular flexibility index (Phi) is 5.27. The van der Waals surface area contributed by atoms with Crippen LogP contribution in [0.5, 0.6) is 5.75 Å². The minimum Gasteiger partial charge on any atom is -0.484 e. The van der Waals surface area contributed by atoms with E-state index in [2.05, 4.69) is 35.8 Å². The Labute approximate surface area is 125 Å². The van der Waals surface area contributed by atoms with Crippen molar-refractivity contribution >= 4 is 0 Å². The molecule has 1 unspecified atom stereocenters. The Balaban J connectivity index is 1.93. The number of hydrogen-bond acceptors (Lipinski definition) is 5. The fourth-order valence-corrected chi connectivity index (χ4v) is 1.99. The molecule has 2 N–H and O–H groups in total. The van der Waals surface area contributed by atoms with Gasteiger partial charge in [-0.05, 0) is 32.4 Å². The van der Waals surface area contributed by atoms with Crippen LogP contribution >= 0.6 is 0 Å². The SMILES string of the molecule is CCC(N)Cc1ccc(OCc2ncnn2C(C)C)cn1. The van der Waals surface area contributed by atoms with Gasteiger partial charge >= 0.3 is 0 Å². The summed E-state index contributed by atoms with van der Waals surface area (Å²) in [4.78, 5) is 8.59. The molecule has 0 aliphatic carbocycles. The average molecular weight is 289 g/mol. The topological polar surface area (TPSA) is 78.9 Å². The molecule has 1 atom stereocenters. The molecule has 0 saturated heterocycles. The minimum atomic E-state index is 0.161. The van der Waals surface area contributed by atoms with Crippen LogP contribution in [0, 0.1) is 0 Å². The molecule has 6 nitrogen and oxygen atoms in total. The van der Waals surface area contributed by atoms with Gasteiger partial charge in [-0.15, -0.1) is 0 Å². The Hall–Kier alpha value is -1.95. The van der Waals surface area contributed by atoms with E-state index in [4.69, 9.17) is 10.5 Å². The molecule has 0 saturated carbocycles. The van der Waals surface area contributed by atoms with Crippen molar-refractivity contribution in [1.29, 1.82) is 0 Å². The Bertz CT molecular complexity index is 549. The van der Waals surface area contributed by atoms with Crippen molar-refractivity contribution in [3.05, 3.63) is 36.2 Å². The maximum Gasteiger partial charge on any atom is 0.165 e. The van der Waals surface area contributed by atoms with Gasteiger partial charge in [0.15, 0.2) is 5.82 Å². The van der Waals surface area contributed by atoms with E-state index in [9.17, 15) is 0 Å².